The Balaban J connectivity index is 2.00. The van der Waals surface area contributed by atoms with Crippen molar-refractivity contribution >= 4 is 11.0 Å². The molecule has 2 aromatic heterocycles. The Kier molecular flexibility index (Phi) is 2.43. The molecule has 3 heteroatoms. The number of benzene rings is 1. The quantitative estimate of drug-likeness (QED) is 0.673. The zero-order chi connectivity index (χ0) is 14.6. The van der Waals surface area contributed by atoms with Crippen molar-refractivity contribution in [2.24, 2.45) is 0 Å². The highest BCUT2D eigenvalue weighted by molar-refractivity contribution is 5.83. The predicted molar refractivity (Wildman–Crippen MR) is 81.9 cm³/mol. The van der Waals surface area contributed by atoms with Crippen LogP contribution in [0, 0.1) is 0 Å². The molecule has 3 aromatic rings. The number of fused-ring (bicyclic) bond motifs is 4. The predicted octanol–water partition coefficient (Wildman–Crippen LogP) is 4.07. The van der Waals surface area contributed by atoms with Gasteiger partial charge in [0.05, 0.1) is 7.11 Å². The zero-order valence-electron chi connectivity index (χ0n) is 12.4. The van der Waals surface area contributed by atoms with Crippen LogP contribution in [0.3, 0.4) is 0 Å². The van der Waals surface area contributed by atoms with Crippen molar-refractivity contribution in [1.29, 1.82) is 0 Å². The SMILES string of the molecule is COc1ccc2c(c1)C(C)(C)c1oc3ccncc3c1C2. The maximum absolute atomic E-state index is 6.16. The first kappa shape index (κ1) is 12.5. The molecule has 0 spiro atoms. The number of ether oxygens (including phenoxy) is 1. The number of hydrogen-bond acceptors (Lipinski definition) is 3. The van der Waals surface area contributed by atoms with Gasteiger partial charge < -0.3 is 9.15 Å². The molecular weight excluding hydrogens is 262 g/mol. The van der Waals surface area contributed by atoms with Gasteiger partial charge in [0.15, 0.2) is 0 Å². The van der Waals surface area contributed by atoms with E-state index in [0.29, 0.717) is 0 Å². The third-order valence-electron chi connectivity index (χ3n) is 4.52. The Labute approximate surface area is 123 Å². The molecule has 0 fully saturated rings. The number of methoxy groups -OCH3 is 1. The minimum atomic E-state index is -0.170. The second-order valence-electron chi connectivity index (χ2n) is 6.11. The second kappa shape index (κ2) is 4.10. The maximum Gasteiger partial charge on any atom is 0.137 e. The molecule has 106 valence electrons. The molecule has 0 atom stereocenters. The van der Waals surface area contributed by atoms with Crippen molar-refractivity contribution in [2.45, 2.75) is 25.7 Å². The van der Waals surface area contributed by atoms with Gasteiger partial charge in [-0.25, -0.2) is 0 Å². The molecule has 0 aliphatic heterocycles. The van der Waals surface area contributed by atoms with Gasteiger partial charge in [0.25, 0.3) is 0 Å². The van der Waals surface area contributed by atoms with Crippen molar-refractivity contribution < 1.29 is 9.15 Å². The summed E-state index contributed by atoms with van der Waals surface area (Å²) < 4.78 is 11.5. The molecule has 1 aliphatic rings. The Morgan fingerprint density at radius 2 is 2.10 bits per heavy atom. The first-order valence-electron chi connectivity index (χ1n) is 7.14. The van der Waals surface area contributed by atoms with Gasteiger partial charge in [0.1, 0.15) is 17.1 Å². The fourth-order valence-corrected chi connectivity index (χ4v) is 3.40. The van der Waals surface area contributed by atoms with Gasteiger partial charge in [-0.2, -0.15) is 0 Å². The Bertz CT molecular complexity index is 846. The average molecular weight is 279 g/mol. The fourth-order valence-electron chi connectivity index (χ4n) is 3.40. The molecule has 0 amide bonds. The van der Waals surface area contributed by atoms with Crippen LogP contribution in [0.25, 0.3) is 11.0 Å². The van der Waals surface area contributed by atoms with Crippen molar-refractivity contribution in [1.82, 2.24) is 4.98 Å². The van der Waals surface area contributed by atoms with Gasteiger partial charge in [0, 0.05) is 35.2 Å². The number of pyridine rings is 1. The summed E-state index contributed by atoms with van der Waals surface area (Å²) in [5.74, 6) is 1.94. The average Bonchev–Trinajstić information content (AvgIpc) is 2.87. The fraction of sp³-hybridized carbons (Fsp3) is 0.278. The monoisotopic (exact) mass is 279 g/mol. The van der Waals surface area contributed by atoms with E-state index in [4.69, 9.17) is 9.15 Å². The molecule has 4 rings (SSSR count). The summed E-state index contributed by atoms with van der Waals surface area (Å²) in [7, 11) is 1.70. The highest BCUT2D eigenvalue weighted by Crippen LogP contribution is 2.45. The Morgan fingerprint density at radius 3 is 2.90 bits per heavy atom. The first-order chi connectivity index (χ1) is 10.1. The van der Waals surface area contributed by atoms with E-state index in [1.807, 2.05) is 18.3 Å². The minimum Gasteiger partial charge on any atom is -0.497 e. The normalized spacial score (nSPS) is 15.6. The van der Waals surface area contributed by atoms with Gasteiger partial charge in [-0.05, 0) is 43.2 Å². The molecule has 3 nitrogen and oxygen atoms in total. The number of nitrogens with zero attached hydrogens (tertiary/aromatic N) is 1. The lowest BCUT2D eigenvalue weighted by atomic mass is 9.72. The van der Waals surface area contributed by atoms with Crippen LogP contribution >= 0.6 is 0 Å². The number of hydrogen-bond donors (Lipinski definition) is 0. The van der Waals surface area contributed by atoms with Gasteiger partial charge in [0.2, 0.25) is 0 Å². The van der Waals surface area contributed by atoms with Gasteiger partial charge in [-0.15, -0.1) is 0 Å². The largest absolute Gasteiger partial charge is 0.497 e. The molecule has 0 N–H and O–H groups in total. The maximum atomic E-state index is 6.16. The summed E-state index contributed by atoms with van der Waals surface area (Å²) in [5.41, 5.74) is 4.63. The van der Waals surface area contributed by atoms with Gasteiger partial charge in [-0.1, -0.05) is 6.07 Å². The van der Waals surface area contributed by atoms with E-state index in [1.165, 1.54) is 16.7 Å². The second-order valence-corrected chi connectivity index (χ2v) is 6.11. The van der Waals surface area contributed by atoms with Crippen molar-refractivity contribution in [3.8, 4) is 5.75 Å². The number of aromatic nitrogens is 1. The lowest BCUT2D eigenvalue weighted by Crippen LogP contribution is -2.26. The van der Waals surface area contributed by atoms with E-state index in [2.05, 4.69) is 31.0 Å². The van der Waals surface area contributed by atoms with Crippen LogP contribution in [0.5, 0.6) is 5.75 Å². The zero-order valence-corrected chi connectivity index (χ0v) is 12.4. The van der Waals surface area contributed by atoms with Crippen LogP contribution in [0.4, 0.5) is 0 Å². The summed E-state index contributed by atoms with van der Waals surface area (Å²) in [6, 6.07) is 8.26. The van der Waals surface area contributed by atoms with Crippen LogP contribution in [-0.4, -0.2) is 12.1 Å². The van der Waals surface area contributed by atoms with Crippen LogP contribution in [0.15, 0.2) is 41.1 Å². The highest BCUT2D eigenvalue weighted by Gasteiger charge is 2.37. The van der Waals surface area contributed by atoms with Crippen LogP contribution in [0.2, 0.25) is 0 Å². The molecule has 21 heavy (non-hydrogen) atoms. The smallest absolute Gasteiger partial charge is 0.137 e. The molecule has 0 unspecified atom stereocenters. The summed E-state index contributed by atoms with van der Waals surface area (Å²) in [4.78, 5) is 4.24. The molecule has 0 radical (unpaired) electrons. The summed E-state index contributed by atoms with van der Waals surface area (Å²) in [6.07, 6.45) is 4.57. The minimum absolute atomic E-state index is 0.170. The summed E-state index contributed by atoms with van der Waals surface area (Å²) in [6.45, 7) is 4.41. The molecule has 1 aliphatic carbocycles. The molecular formula is C18H17NO2. The lowest BCUT2D eigenvalue weighted by Gasteiger charge is -2.31. The van der Waals surface area contributed by atoms with Gasteiger partial charge in [-0.3, -0.25) is 4.98 Å². The number of furan rings is 1. The van der Waals surface area contributed by atoms with Crippen LogP contribution in [-0.2, 0) is 11.8 Å². The van der Waals surface area contributed by atoms with Crippen molar-refractivity contribution in [3.63, 3.8) is 0 Å². The van der Waals surface area contributed by atoms with Crippen LogP contribution < -0.4 is 4.74 Å². The lowest BCUT2D eigenvalue weighted by molar-refractivity contribution is 0.407. The van der Waals surface area contributed by atoms with E-state index in [0.717, 1.165) is 28.9 Å². The van der Waals surface area contributed by atoms with Crippen LogP contribution in [0.1, 0.15) is 36.3 Å². The molecule has 0 saturated carbocycles. The molecule has 0 bridgehead atoms. The standard InChI is InChI=1S/C18H17NO2/c1-18(2)15-9-12(20-3)5-4-11(15)8-13-14-10-19-7-6-16(14)21-17(13)18/h4-7,9-10H,8H2,1-3H3. The molecule has 0 saturated heterocycles. The van der Waals surface area contributed by atoms with E-state index in [9.17, 15) is 0 Å². The van der Waals surface area contributed by atoms with Gasteiger partial charge >= 0.3 is 0 Å². The third-order valence-corrected chi connectivity index (χ3v) is 4.52. The third kappa shape index (κ3) is 1.63. The van der Waals surface area contributed by atoms with E-state index >= 15 is 0 Å². The Hall–Kier alpha value is -2.29. The highest BCUT2D eigenvalue weighted by atomic mass is 16.5. The van der Waals surface area contributed by atoms with E-state index in [-0.39, 0.29) is 5.41 Å². The summed E-state index contributed by atoms with van der Waals surface area (Å²) >= 11 is 0. The van der Waals surface area contributed by atoms with E-state index in [1.54, 1.807) is 13.3 Å². The Morgan fingerprint density at radius 1 is 1.24 bits per heavy atom. The van der Waals surface area contributed by atoms with Crippen molar-refractivity contribution in [2.75, 3.05) is 7.11 Å². The first-order valence-corrected chi connectivity index (χ1v) is 7.14. The summed E-state index contributed by atoms with van der Waals surface area (Å²) in [5, 5.41) is 1.13. The molecule has 1 aromatic carbocycles. The van der Waals surface area contributed by atoms with E-state index < -0.39 is 0 Å². The van der Waals surface area contributed by atoms with Crippen molar-refractivity contribution in [3.05, 3.63) is 59.1 Å². The molecule has 2 heterocycles. The number of rotatable bonds is 1. The topological polar surface area (TPSA) is 35.3 Å².